The third kappa shape index (κ3) is 5.15. The van der Waals surface area contributed by atoms with Crippen LogP contribution in [0.2, 0.25) is 0 Å². The van der Waals surface area contributed by atoms with Gasteiger partial charge in [0.1, 0.15) is 17.9 Å². The van der Waals surface area contributed by atoms with Gasteiger partial charge >= 0.3 is 0 Å². The molecular weight excluding hydrogens is 512 g/mol. The van der Waals surface area contributed by atoms with Crippen molar-refractivity contribution in [3.8, 4) is 11.3 Å². The quantitative estimate of drug-likeness (QED) is 0.338. The normalized spacial score (nSPS) is 15.2. The van der Waals surface area contributed by atoms with Crippen LogP contribution in [0.5, 0.6) is 0 Å². The molecule has 12 heteroatoms. The highest BCUT2D eigenvalue weighted by Crippen LogP contribution is 2.32. The molecule has 1 aromatic carbocycles. The second-order valence-corrected chi connectivity index (χ2v) is 9.81. The molecule has 1 atom stereocenters. The molecule has 4 heterocycles. The van der Waals surface area contributed by atoms with Gasteiger partial charge in [-0.2, -0.15) is 5.10 Å². The number of rotatable bonds is 7. The van der Waals surface area contributed by atoms with Crippen LogP contribution >= 0.6 is 0 Å². The minimum absolute atomic E-state index is 0.0502. The first-order chi connectivity index (χ1) is 19.3. The van der Waals surface area contributed by atoms with Gasteiger partial charge in [-0.3, -0.25) is 14.4 Å². The van der Waals surface area contributed by atoms with Crippen LogP contribution in [-0.4, -0.2) is 74.5 Å². The van der Waals surface area contributed by atoms with Crippen LogP contribution in [0.4, 0.5) is 11.5 Å². The molecule has 206 valence electrons. The Labute approximate surface area is 230 Å². The summed E-state index contributed by atoms with van der Waals surface area (Å²) in [6.45, 7) is 4.61. The van der Waals surface area contributed by atoms with Crippen LogP contribution in [-0.2, 0) is 16.0 Å². The Morgan fingerprint density at radius 1 is 1.25 bits per heavy atom. The van der Waals surface area contributed by atoms with Gasteiger partial charge in [0.2, 0.25) is 11.8 Å². The fraction of sp³-hybridized carbons (Fsp3) is 0.286. The van der Waals surface area contributed by atoms with Gasteiger partial charge < -0.3 is 25.3 Å². The summed E-state index contributed by atoms with van der Waals surface area (Å²) in [4.78, 5) is 50.0. The molecule has 1 unspecified atom stereocenters. The summed E-state index contributed by atoms with van der Waals surface area (Å²) in [6.07, 6.45) is 5.87. The number of carbonyl (C=O) groups is 3. The lowest BCUT2D eigenvalue weighted by atomic mass is 10.0. The van der Waals surface area contributed by atoms with E-state index in [9.17, 15) is 14.4 Å². The smallest absolute Gasteiger partial charge is 0.277 e. The second kappa shape index (κ2) is 11.0. The number of hydrogen-bond donors (Lipinski definition) is 2. The lowest BCUT2D eigenvalue weighted by Crippen LogP contribution is -2.40. The number of aromatic nitrogens is 4. The molecule has 4 aromatic rings. The number of likely N-dealkylation sites (N-methyl/N-ethyl adjacent to an activating group) is 1. The van der Waals surface area contributed by atoms with Gasteiger partial charge in [-0.25, -0.2) is 14.6 Å². The van der Waals surface area contributed by atoms with Gasteiger partial charge in [-0.1, -0.05) is 12.6 Å². The lowest BCUT2D eigenvalue weighted by Gasteiger charge is -2.32. The van der Waals surface area contributed by atoms with Gasteiger partial charge in [0.15, 0.2) is 11.3 Å². The predicted molar refractivity (Wildman–Crippen MR) is 149 cm³/mol. The van der Waals surface area contributed by atoms with E-state index >= 15 is 0 Å². The molecule has 0 bridgehead atoms. The number of nitrogens with two attached hydrogens (primary N) is 1. The number of carbonyl (C=O) groups excluding carboxylic acids is 3. The number of nitrogen functional groups attached to an aromatic ring is 1. The third-order valence-corrected chi connectivity index (χ3v) is 6.93. The summed E-state index contributed by atoms with van der Waals surface area (Å²) in [5.41, 5.74) is 8.55. The Kier molecular flexibility index (Phi) is 7.32. The van der Waals surface area contributed by atoms with Crippen LogP contribution in [0.3, 0.4) is 0 Å². The number of anilines is 2. The molecule has 0 spiro atoms. The van der Waals surface area contributed by atoms with Crippen LogP contribution in [0.15, 0.2) is 60.0 Å². The molecule has 5 rings (SSSR count). The third-order valence-electron chi connectivity index (χ3n) is 6.93. The van der Waals surface area contributed by atoms with E-state index in [1.165, 1.54) is 23.6 Å². The van der Waals surface area contributed by atoms with Crippen LogP contribution in [0.1, 0.15) is 34.9 Å². The summed E-state index contributed by atoms with van der Waals surface area (Å²) in [5, 5.41) is 7.91. The number of fused-ring (bicyclic) bond motifs is 1. The number of amides is 3. The highest BCUT2D eigenvalue weighted by molar-refractivity contribution is 6.14. The molecule has 12 nitrogen and oxygen atoms in total. The Morgan fingerprint density at radius 2 is 2.08 bits per heavy atom. The molecule has 1 saturated heterocycles. The molecule has 1 aliphatic rings. The van der Waals surface area contributed by atoms with E-state index in [4.69, 9.17) is 10.2 Å². The van der Waals surface area contributed by atoms with Crippen molar-refractivity contribution in [3.05, 3.63) is 66.8 Å². The minimum atomic E-state index is -0.509. The van der Waals surface area contributed by atoms with Gasteiger partial charge in [-0.15, -0.1) is 0 Å². The zero-order chi connectivity index (χ0) is 28.4. The summed E-state index contributed by atoms with van der Waals surface area (Å²) in [7, 11) is 3.40. The molecule has 3 aromatic heterocycles. The average Bonchev–Trinajstić information content (AvgIpc) is 3.63. The van der Waals surface area contributed by atoms with Crippen molar-refractivity contribution in [1.82, 2.24) is 29.5 Å². The first-order valence-electron chi connectivity index (χ1n) is 12.8. The first kappa shape index (κ1) is 26.6. The number of hydrogen-bond acceptors (Lipinski definition) is 8. The number of nitrogens with zero attached hydrogens (tertiary/aromatic N) is 6. The highest BCUT2D eigenvalue weighted by Gasteiger charge is 2.29. The van der Waals surface area contributed by atoms with Crippen LogP contribution < -0.4 is 11.1 Å². The van der Waals surface area contributed by atoms with Gasteiger partial charge in [0.25, 0.3) is 5.91 Å². The van der Waals surface area contributed by atoms with E-state index in [0.717, 1.165) is 18.4 Å². The fourth-order valence-electron chi connectivity index (χ4n) is 4.85. The zero-order valence-electron chi connectivity index (χ0n) is 22.3. The number of nitrogens with one attached hydrogen (secondary N) is 1. The predicted octanol–water partition coefficient (Wildman–Crippen LogP) is 2.90. The number of furan rings is 1. The van der Waals surface area contributed by atoms with Crippen molar-refractivity contribution in [2.24, 2.45) is 0 Å². The number of likely N-dealkylation sites (tertiary alicyclic amines) is 1. The molecule has 0 saturated carbocycles. The van der Waals surface area contributed by atoms with Gasteiger partial charge in [-0.05, 0) is 48.7 Å². The van der Waals surface area contributed by atoms with E-state index in [0.29, 0.717) is 41.1 Å². The Hall–Kier alpha value is -5.00. The van der Waals surface area contributed by atoms with E-state index in [2.05, 4.69) is 27.0 Å². The van der Waals surface area contributed by atoms with Crippen molar-refractivity contribution >= 4 is 40.3 Å². The maximum Gasteiger partial charge on any atom is 0.277 e. The largest absolute Gasteiger partial charge is 0.464 e. The maximum atomic E-state index is 13.7. The molecule has 1 fully saturated rings. The van der Waals surface area contributed by atoms with E-state index in [1.807, 2.05) is 6.07 Å². The molecule has 0 aliphatic carbocycles. The first-order valence-corrected chi connectivity index (χ1v) is 12.8. The monoisotopic (exact) mass is 542 g/mol. The van der Waals surface area contributed by atoms with Crippen LogP contribution in [0.25, 0.3) is 22.4 Å². The molecule has 3 amide bonds. The lowest BCUT2D eigenvalue weighted by molar-refractivity contribution is -0.128. The van der Waals surface area contributed by atoms with Crippen molar-refractivity contribution in [1.29, 1.82) is 0 Å². The fourth-order valence-corrected chi connectivity index (χ4v) is 4.85. The van der Waals surface area contributed by atoms with Crippen molar-refractivity contribution in [3.63, 3.8) is 0 Å². The van der Waals surface area contributed by atoms with E-state index in [-0.39, 0.29) is 35.8 Å². The summed E-state index contributed by atoms with van der Waals surface area (Å²) >= 11 is 0. The summed E-state index contributed by atoms with van der Waals surface area (Å²) < 4.78 is 7.28. The second-order valence-electron chi connectivity index (χ2n) is 9.81. The molecule has 40 heavy (non-hydrogen) atoms. The SMILES string of the molecule is C=CC(=O)N1CCCC(n2nc(C(=O)Nc3ccc(CC(=O)N(C)C)cc3-c3ccco3)c3c(N)ncnc32)C1. The van der Waals surface area contributed by atoms with Crippen LogP contribution in [0, 0.1) is 0 Å². The summed E-state index contributed by atoms with van der Waals surface area (Å²) in [6, 6.07) is 8.65. The standard InChI is InChI=1S/C28H30N8O4/c1-4-22(37)35-11-5-7-18(15-35)36-27-24(26(29)30-16-31-27)25(33-36)28(39)32-20-10-9-17(14-23(38)34(2)3)13-19(20)21-8-6-12-40-21/h4,6,8-10,12-13,16,18H,1,5,7,11,14-15H2,2-3H3,(H,32,39)(H2,29,30,31). The minimum Gasteiger partial charge on any atom is -0.464 e. The molecular formula is C28H30N8O4. The Balaban J connectivity index is 1.50. The maximum absolute atomic E-state index is 13.7. The number of benzene rings is 1. The summed E-state index contributed by atoms with van der Waals surface area (Å²) in [5.74, 6) is -0.0629. The average molecular weight is 543 g/mol. The number of piperidine rings is 1. The Morgan fingerprint density at radius 3 is 2.80 bits per heavy atom. The van der Waals surface area contributed by atoms with Crippen molar-refractivity contribution in [2.75, 3.05) is 38.2 Å². The van der Waals surface area contributed by atoms with Gasteiger partial charge in [0, 0.05) is 32.7 Å². The van der Waals surface area contributed by atoms with E-state index < -0.39 is 5.91 Å². The molecule has 1 aliphatic heterocycles. The topological polar surface area (TPSA) is 152 Å². The highest BCUT2D eigenvalue weighted by atomic mass is 16.3. The molecule has 0 radical (unpaired) electrons. The van der Waals surface area contributed by atoms with Gasteiger partial charge in [0.05, 0.1) is 29.8 Å². The Bertz CT molecular complexity index is 1590. The van der Waals surface area contributed by atoms with E-state index in [1.54, 1.807) is 47.9 Å². The zero-order valence-corrected chi connectivity index (χ0v) is 22.3. The van der Waals surface area contributed by atoms with Crippen molar-refractivity contribution < 1.29 is 18.8 Å². The van der Waals surface area contributed by atoms with Crippen molar-refractivity contribution in [2.45, 2.75) is 25.3 Å². The molecule has 3 N–H and O–H groups in total.